The number of ether oxygens (including phenoxy) is 2. The zero-order valence-corrected chi connectivity index (χ0v) is 12.4. The van der Waals surface area contributed by atoms with E-state index in [4.69, 9.17) is 9.47 Å². The third-order valence-electron chi connectivity index (χ3n) is 4.19. The highest BCUT2D eigenvalue weighted by atomic mass is 16.5. The number of aromatic hydroxyl groups is 1. The highest BCUT2D eigenvalue weighted by molar-refractivity contribution is 5.71. The zero-order chi connectivity index (χ0) is 15.6. The molecule has 6 nitrogen and oxygen atoms in total. The predicted octanol–water partition coefficient (Wildman–Crippen LogP) is 1.49. The lowest BCUT2D eigenvalue weighted by atomic mass is 9.98. The first-order chi connectivity index (χ1) is 9.95. The normalized spacial score (nSPS) is 23.2. The Kier molecular flexibility index (Phi) is 4.69. The second-order valence-corrected chi connectivity index (χ2v) is 5.32. The van der Waals surface area contributed by atoms with Crippen LogP contribution in [0, 0.1) is 5.92 Å². The second kappa shape index (κ2) is 6.32. The lowest BCUT2D eigenvalue weighted by molar-refractivity contribution is -0.143. The van der Waals surface area contributed by atoms with Gasteiger partial charge in [0.15, 0.2) is 11.5 Å². The summed E-state index contributed by atoms with van der Waals surface area (Å²) in [6, 6.07) is 4.97. The van der Waals surface area contributed by atoms with Gasteiger partial charge in [-0.2, -0.15) is 0 Å². The molecule has 2 rings (SSSR count). The number of carboxylic acid groups (broad SMARTS) is 1. The minimum absolute atomic E-state index is 0.0203. The minimum atomic E-state index is -0.833. The van der Waals surface area contributed by atoms with Gasteiger partial charge in [-0.05, 0) is 31.7 Å². The fourth-order valence-electron chi connectivity index (χ4n) is 2.66. The van der Waals surface area contributed by atoms with Gasteiger partial charge in [0.05, 0.1) is 26.2 Å². The predicted molar refractivity (Wildman–Crippen MR) is 76.6 cm³/mol. The molecule has 3 unspecified atom stereocenters. The molecular formula is C15H21NO5. The largest absolute Gasteiger partial charge is 0.504 e. The van der Waals surface area contributed by atoms with E-state index in [1.54, 1.807) is 12.1 Å². The van der Waals surface area contributed by atoms with Gasteiger partial charge in [0, 0.05) is 12.1 Å². The molecule has 1 saturated heterocycles. The molecule has 1 aliphatic heterocycles. The number of phenolic OH excluding ortho intramolecular Hbond substituents is 1. The van der Waals surface area contributed by atoms with Crippen molar-refractivity contribution in [3.05, 3.63) is 23.8 Å². The van der Waals surface area contributed by atoms with E-state index in [1.165, 1.54) is 7.11 Å². The van der Waals surface area contributed by atoms with Crippen LogP contribution in [0.5, 0.6) is 11.5 Å². The molecule has 1 aliphatic rings. The Morgan fingerprint density at radius 3 is 2.81 bits per heavy atom. The van der Waals surface area contributed by atoms with Crippen molar-refractivity contribution < 1.29 is 24.5 Å². The molecule has 0 aromatic heterocycles. The third-order valence-corrected chi connectivity index (χ3v) is 4.19. The summed E-state index contributed by atoms with van der Waals surface area (Å²) in [7, 11) is 3.39. The summed E-state index contributed by atoms with van der Waals surface area (Å²) in [6.07, 6.45) is 0. The molecule has 0 saturated carbocycles. The first kappa shape index (κ1) is 15.6. The number of likely N-dealkylation sites (N-methyl/N-ethyl adjacent to an activating group) is 1. The zero-order valence-electron chi connectivity index (χ0n) is 12.4. The molecule has 0 spiro atoms. The molecule has 1 fully saturated rings. The van der Waals surface area contributed by atoms with Crippen LogP contribution in [-0.2, 0) is 9.53 Å². The van der Waals surface area contributed by atoms with Crippen LogP contribution >= 0.6 is 0 Å². The molecule has 1 aromatic rings. The fraction of sp³-hybridized carbons (Fsp3) is 0.533. The van der Waals surface area contributed by atoms with E-state index in [1.807, 2.05) is 24.9 Å². The number of carboxylic acids is 1. The molecule has 0 aliphatic carbocycles. The average molecular weight is 295 g/mol. The summed E-state index contributed by atoms with van der Waals surface area (Å²) in [6.45, 7) is 2.64. The molecule has 0 radical (unpaired) electrons. The maximum atomic E-state index is 11.3. The molecule has 21 heavy (non-hydrogen) atoms. The monoisotopic (exact) mass is 295 g/mol. The van der Waals surface area contributed by atoms with Crippen LogP contribution in [0.3, 0.4) is 0 Å². The number of methoxy groups -OCH3 is 1. The summed E-state index contributed by atoms with van der Waals surface area (Å²) in [4.78, 5) is 13.3. The molecular weight excluding hydrogens is 274 g/mol. The van der Waals surface area contributed by atoms with E-state index in [2.05, 4.69) is 0 Å². The quantitative estimate of drug-likeness (QED) is 0.857. The van der Waals surface area contributed by atoms with Gasteiger partial charge in [-0.1, -0.05) is 6.07 Å². The van der Waals surface area contributed by atoms with Crippen molar-refractivity contribution in [2.75, 3.05) is 27.4 Å². The van der Waals surface area contributed by atoms with E-state index >= 15 is 0 Å². The van der Waals surface area contributed by atoms with Crippen molar-refractivity contribution in [1.82, 2.24) is 4.90 Å². The minimum Gasteiger partial charge on any atom is -0.504 e. The smallest absolute Gasteiger partial charge is 0.310 e. The van der Waals surface area contributed by atoms with Crippen LogP contribution in [-0.4, -0.2) is 54.5 Å². The summed E-state index contributed by atoms with van der Waals surface area (Å²) in [5.74, 6) is -0.856. The Hall–Kier alpha value is -1.79. The van der Waals surface area contributed by atoms with Crippen molar-refractivity contribution in [2.24, 2.45) is 5.92 Å². The first-order valence-electron chi connectivity index (χ1n) is 6.85. The van der Waals surface area contributed by atoms with E-state index in [0.29, 0.717) is 12.4 Å². The van der Waals surface area contributed by atoms with Gasteiger partial charge < -0.3 is 19.7 Å². The number of benzene rings is 1. The fourth-order valence-corrected chi connectivity index (χ4v) is 2.66. The van der Waals surface area contributed by atoms with Crippen LogP contribution in [0.1, 0.15) is 18.5 Å². The Labute approximate surface area is 123 Å². The Morgan fingerprint density at radius 1 is 1.48 bits per heavy atom. The molecule has 2 N–H and O–H groups in total. The summed E-state index contributed by atoms with van der Waals surface area (Å²) in [5, 5.41) is 18.9. The maximum absolute atomic E-state index is 11.3. The Bertz CT molecular complexity index is 519. The van der Waals surface area contributed by atoms with Gasteiger partial charge in [-0.15, -0.1) is 0 Å². The lowest BCUT2D eigenvalue weighted by Gasteiger charge is -2.32. The molecule has 0 bridgehead atoms. The first-order valence-corrected chi connectivity index (χ1v) is 6.85. The molecule has 6 heteroatoms. The van der Waals surface area contributed by atoms with E-state index in [9.17, 15) is 15.0 Å². The number of nitrogens with zero attached hydrogens (tertiary/aromatic N) is 1. The van der Waals surface area contributed by atoms with Crippen LogP contribution in [0.15, 0.2) is 18.2 Å². The summed E-state index contributed by atoms with van der Waals surface area (Å²) in [5.41, 5.74) is 0.947. The van der Waals surface area contributed by atoms with Gasteiger partial charge in [0.25, 0.3) is 0 Å². The maximum Gasteiger partial charge on any atom is 0.310 e. The van der Waals surface area contributed by atoms with Crippen LogP contribution < -0.4 is 4.74 Å². The number of rotatable bonds is 5. The van der Waals surface area contributed by atoms with Gasteiger partial charge in [0.1, 0.15) is 0 Å². The van der Waals surface area contributed by atoms with Crippen molar-refractivity contribution >= 4 is 5.97 Å². The van der Waals surface area contributed by atoms with E-state index < -0.39 is 11.9 Å². The van der Waals surface area contributed by atoms with Crippen molar-refractivity contribution in [2.45, 2.75) is 19.0 Å². The molecule has 1 heterocycles. The van der Waals surface area contributed by atoms with Gasteiger partial charge in [0.2, 0.25) is 0 Å². The van der Waals surface area contributed by atoms with Crippen LogP contribution in [0.2, 0.25) is 0 Å². The second-order valence-electron chi connectivity index (χ2n) is 5.32. The Morgan fingerprint density at radius 2 is 2.19 bits per heavy atom. The van der Waals surface area contributed by atoms with Crippen molar-refractivity contribution in [1.29, 1.82) is 0 Å². The van der Waals surface area contributed by atoms with Gasteiger partial charge >= 0.3 is 5.97 Å². The van der Waals surface area contributed by atoms with Gasteiger partial charge in [-0.25, -0.2) is 0 Å². The molecule has 1 aromatic carbocycles. The molecule has 116 valence electrons. The molecule has 3 atom stereocenters. The number of hydrogen-bond acceptors (Lipinski definition) is 5. The Balaban J connectivity index is 2.19. The van der Waals surface area contributed by atoms with Crippen LogP contribution in [0.4, 0.5) is 0 Å². The van der Waals surface area contributed by atoms with Gasteiger partial charge in [-0.3, -0.25) is 9.69 Å². The van der Waals surface area contributed by atoms with E-state index in [0.717, 1.165) is 5.56 Å². The number of hydrogen-bond donors (Lipinski definition) is 2. The van der Waals surface area contributed by atoms with Crippen LogP contribution in [0.25, 0.3) is 0 Å². The summed E-state index contributed by atoms with van der Waals surface area (Å²) < 4.78 is 10.4. The lowest BCUT2D eigenvalue weighted by Crippen LogP contribution is -2.42. The molecule has 0 amide bonds. The topological polar surface area (TPSA) is 79.2 Å². The van der Waals surface area contributed by atoms with Crippen molar-refractivity contribution in [3.8, 4) is 11.5 Å². The number of aliphatic carboxylic acids is 1. The van der Waals surface area contributed by atoms with E-state index in [-0.39, 0.29) is 24.4 Å². The highest BCUT2D eigenvalue weighted by Gasteiger charge is 2.38. The number of carbonyl (C=O) groups is 1. The number of phenols is 1. The highest BCUT2D eigenvalue weighted by Crippen LogP contribution is 2.33. The SMILES string of the molecule is COc1cc(C(C)N(C)C2COCC2C(=O)O)ccc1O. The van der Waals surface area contributed by atoms with Crippen molar-refractivity contribution in [3.63, 3.8) is 0 Å². The standard InChI is InChI=1S/C15H21NO5/c1-9(10-4-5-13(17)14(6-10)20-3)16(2)12-8-21-7-11(12)15(18)19/h4-6,9,11-12,17H,7-8H2,1-3H3,(H,18,19). The third kappa shape index (κ3) is 3.11. The summed E-state index contributed by atoms with van der Waals surface area (Å²) >= 11 is 0. The average Bonchev–Trinajstić information content (AvgIpc) is 2.96.